The maximum Gasteiger partial charge on any atom is 0.404 e. The standard InChI is InChI=1S/C10H12ClNO3/c11-9-4-2-1-3-7(9)5-8(13)6-12-10(14)15/h1-4,8,12-13H,5-6H2,(H,14,15)/t8-/m1/s1. The van der Waals surface area contributed by atoms with E-state index in [9.17, 15) is 9.90 Å². The molecule has 1 aromatic rings. The predicted octanol–water partition coefficient (Wildman–Crippen LogP) is 1.51. The Kier molecular flexibility index (Phi) is 4.39. The topological polar surface area (TPSA) is 69.6 Å². The molecule has 5 heteroatoms. The molecule has 0 saturated carbocycles. The first-order valence-electron chi connectivity index (χ1n) is 4.48. The minimum Gasteiger partial charge on any atom is -0.465 e. The number of amides is 1. The molecule has 0 saturated heterocycles. The third-order valence-corrected chi connectivity index (χ3v) is 2.27. The van der Waals surface area contributed by atoms with Gasteiger partial charge in [-0.25, -0.2) is 4.79 Å². The fourth-order valence-electron chi connectivity index (χ4n) is 1.20. The second-order valence-electron chi connectivity index (χ2n) is 3.14. The molecule has 0 heterocycles. The highest BCUT2D eigenvalue weighted by Gasteiger charge is 2.08. The van der Waals surface area contributed by atoms with Gasteiger partial charge in [0.25, 0.3) is 0 Å². The summed E-state index contributed by atoms with van der Waals surface area (Å²) in [5.41, 5.74) is 0.804. The Bertz CT molecular complexity index is 343. The van der Waals surface area contributed by atoms with E-state index < -0.39 is 12.2 Å². The molecule has 1 amide bonds. The molecule has 0 aliphatic heterocycles. The summed E-state index contributed by atoms with van der Waals surface area (Å²) in [5.74, 6) is 0. The van der Waals surface area contributed by atoms with Gasteiger partial charge in [-0.05, 0) is 11.6 Å². The smallest absolute Gasteiger partial charge is 0.404 e. The van der Waals surface area contributed by atoms with Gasteiger partial charge >= 0.3 is 6.09 Å². The Labute approximate surface area is 92.5 Å². The number of aliphatic hydroxyl groups excluding tert-OH is 1. The highest BCUT2D eigenvalue weighted by atomic mass is 35.5. The summed E-state index contributed by atoms with van der Waals surface area (Å²) in [5, 5.41) is 20.5. The quantitative estimate of drug-likeness (QED) is 0.733. The zero-order valence-corrected chi connectivity index (χ0v) is 8.74. The molecular formula is C10H12ClNO3. The highest BCUT2D eigenvalue weighted by Crippen LogP contribution is 2.16. The molecule has 0 aliphatic rings. The summed E-state index contributed by atoms with van der Waals surface area (Å²) in [7, 11) is 0. The molecule has 82 valence electrons. The van der Waals surface area contributed by atoms with Crippen LogP contribution in [0.15, 0.2) is 24.3 Å². The number of benzene rings is 1. The summed E-state index contributed by atoms with van der Waals surface area (Å²) < 4.78 is 0. The molecular weight excluding hydrogens is 218 g/mol. The molecule has 1 rings (SSSR count). The molecule has 15 heavy (non-hydrogen) atoms. The highest BCUT2D eigenvalue weighted by molar-refractivity contribution is 6.31. The summed E-state index contributed by atoms with van der Waals surface area (Å²) >= 11 is 5.88. The van der Waals surface area contributed by atoms with Gasteiger partial charge in [0, 0.05) is 18.0 Å². The fraction of sp³-hybridized carbons (Fsp3) is 0.300. The number of nitrogens with one attached hydrogen (secondary N) is 1. The van der Waals surface area contributed by atoms with Crippen molar-refractivity contribution in [2.75, 3.05) is 6.54 Å². The lowest BCUT2D eigenvalue weighted by Crippen LogP contribution is -2.32. The number of aliphatic hydroxyl groups is 1. The number of carboxylic acid groups (broad SMARTS) is 1. The Hall–Kier alpha value is -1.26. The van der Waals surface area contributed by atoms with Crippen LogP contribution in [0.5, 0.6) is 0 Å². The Morgan fingerprint density at radius 3 is 2.73 bits per heavy atom. The monoisotopic (exact) mass is 229 g/mol. The van der Waals surface area contributed by atoms with Crippen molar-refractivity contribution in [2.24, 2.45) is 0 Å². The van der Waals surface area contributed by atoms with Crippen molar-refractivity contribution in [2.45, 2.75) is 12.5 Å². The van der Waals surface area contributed by atoms with Gasteiger partial charge < -0.3 is 15.5 Å². The van der Waals surface area contributed by atoms with Crippen LogP contribution in [-0.2, 0) is 6.42 Å². The summed E-state index contributed by atoms with van der Waals surface area (Å²) in [6.07, 6.45) is -1.57. The van der Waals surface area contributed by atoms with Gasteiger partial charge in [-0.15, -0.1) is 0 Å². The molecule has 0 unspecified atom stereocenters. The van der Waals surface area contributed by atoms with Crippen molar-refractivity contribution in [1.82, 2.24) is 5.32 Å². The Balaban J connectivity index is 2.47. The average Bonchev–Trinajstić information content (AvgIpc) is 2.18. The maximum absolute atomic E-state index is 10.2. The van der Waals surface area contributed by atoms with Crippen LogP contribution in [0.25, 0.3) is 0 Å². The van der Waals surface area contributed by atoms with Crippen LogP contribution in [0, 0.1) is 0 Å². The van der Waals surface area contributed by atoms with Crippen LogP contribution >= 0.6 is 11.6 Å². The first-order valence-corrected chi connectivity index (χ1v) is 4.85. The van der Waals surface area contributed by atoms with E-state index in [1.807, 2.05) is 6.07 Å². The molecule has 0 fully saturated rings. The third-order valence-electron chi connectivity index (χ3n) is 1.90. The van der Waals surface area contributed by atoms with E-state index >= 15 is 0 Å². The van der Waals surface area contributed by atoms with E-state index in [1.165, 1.54) is 0 Å². The Morgan fingerprint density at radius 1 is 1.47 bits per heavy atom. The van der Waals surface area contributed by atoms with Crippen molar-refractivity contribution >= 4 is 17.7 Å². The molecule has 4 nitrogen and oxygen atoms in total. The van der Waals surface area contributed by atoms with E-state index in [2.05, 4.69) is 5.32 Å². The molecule has 1 aromatic carbocycles. The van der Waals surface area contributed by atoms with Crippen molar-refractivity contribution in [3.05, 3.63) is 34.9 Å². The van der Waals surface area contributed by atoms with Gasteiger partial charge in [-0.2, -0.15) is 0 Å². The number of halogens is 1. The van der Waals surface area contributed by atoms with Gasteiger partial charge in [-0.1, -0.05) is 29.8 Å². The number of rotatable bonds is 4. The van der Waals surface area contributed by atoms with Crippen LogP contribution in [-0.4, -0.2) is 29.0 Å². The van der Waals surface area contributed by atoms with Crippen molar-refractivity contribution < 1.29 is 15.0 Å². The molecule has 0 bridgehead atoms. The zero-order valence-electron chi connectivity index (χ0n) is 7.98. The molecule has 0 aromatic heterocycles. The third kappa shape index (κ3) is 4.18. The van der Waals surface area contributed by atoms with E-state index in [4.69, 9.17) is 16.7 Å². The van der Waals surface area contributed by atoms with E-state index in [-0.39, 0.29) is 6.54 Å². The number of hydrogen-bond acceptors (Lipinski definition) is 2. The average molecular weight is 230 g/mol. The molecule has 0 aliphatic carbocycles. The number of carbonyl (C=O) groups is 1. The molecule has 1 atom stereocenters. The van der Waals surface area contributed by atoms with Crippen molar-refractivity contribution in [3.8, 4) is 0 Å². The normalized spacial score (nSPS) is 12.1. The van der Waals surface area contributed by atoms with Crippen LogP contribution in [0.4, 0.5) is 4.79 Å². The molecule has 0 radical (unpaired) electrons. The van der Waals surface area contributed by atoms with Crippen molar-refractivity contribution in [3.63, 3.8) is 0 Å². The van der Waals surface area contributed by atoms with Crippen LogP contribution in [0.3, 0.4) is 0 Å². The lowest BCUT2D eigenvalue weighted by Gasteiger charge is -2.11. The first-order chi connectivity index (χ1) is 7.09. The molecule has 3 N–H and O–H groups in total. The summed E-state index contributed by atoms with van der Waals surface area (Å²) in [6.45, 7) is 0.000552. The fourth-order valence-corrected chi connectivity index (χ4v) is 1.41. The second-order valence-corrected chi connectivity index (χ2v) is 3.54. The SMILES string of the molecule is O=C(O)NC[C@H](O)Cc1ccccc1Cl. The van der Waals surface area contributed by atoms with Gasteiger partial charge in [0.05, 0.1) is 6.10 Å². The maximum atomic E-state index is 10.2. The largest absolute Gasteiger partial charge is 0.465 e. The minimum atomic E-state index is -1.15. The van der Waals surface area contributed by atoms with E-state index in [1.54, 1.807) is 18.2 Å². The number of hydrogen-bond donors (Lipinski definition) is 3. The summed E-state index contributed by atoms with van der Waals surface area (Å²) in [6, 6.07) is 7.15. The van der Waals surface area contributed by atoms with Crippen LogP contribution < -0.4 is 5.32 Å². The van der Waals surface area contributed by atoms with Gasteiger partial charge in [0.15, 0.2) is 0 Å². The Morgan fingerprint density at radius 2 is 2.13 bits per heavy atom. The van der Waals surface area contributed by atoms with E-state index in [0.29, 0.717) is 11.4 Å². The van der Waals surface area contributed by atoms with Crippen LogP contribution in [0.1, 0.15) is 5.56 Å². The minimum absolute atomic E-state index is 0.000552. The van der Waals surface area contributed by atoms with E-state index in [0.717, 1.165) is 5.56 Å². The molecule has 0 spiro atoms. The zero-order chi connectivity index (χ0) is 11.3. The van der Waals surface area contributed by atoms with Gasteiger partial charge in [-0.3, -0.25) is 0 Å². The predicted molar refractivity (Wildman–Crippen MR) is 57.2 cm³/mol. The van der Waals surface area contributed by atoms with Gasteiger partial charge in [0.1, 0.15) is 0 Å². The van der Waals surface area contributed by atoms with Crippen LogP contribution in [0.2, 0.25) is 5.02 Å². The van der Waals surface area contributed by atoms with Gasteiger partial charge in [0.2, 0.25) is 0 Å². The lowest BCUT2D eigenvalue weighted by atomic mass is 10.1. The second kappa shape index (κ2) is 5.58. The van der Waals surface area contributed by atoms with Crippen molar-refractivity contribution in [1.29, 1.82) is 0 Å². The first kappa shape index (κ1) is 11.8. The summed E-state index contributed by atoms with van der Waals surface area (Å²) in [4.78, 5) is 10.2. The lowest BCUT2D eigenvalue weighted by molar-refractivity contribution is 0.157.